The average Bonchev–Trinajstić information content (AvgIpc) is 2.68. The minimum atomic E-state index is -4.71. The SMILES string of the molecule is Cc1cccc(NS(=O)(=O)c2ccc(C)c(NS(=O)(=O)c3cccc(C(F)(F)F)c3)c2)c1. The molecule has 0 aliphatic carbocycles. The van der Waals surface area contributed by atoms with Gasteiger partial charge in [-0.3, -0.25) is 9.44 Å². The highest BCUT2D eigenvalue weighted by Crippen LogP contribution is 2.31. The van der Waals surface area contributed by atoms with E-state index in [4.69, 9.17) is 0 Å². The van der Waals surface area contributed by atoms with Crippen LogP contribution in [0.4, 0.5) is 24.5 Å². The molecule has 0 aliphatic rings. The monoisotopic (exact) mass is 484 g/mol. The van der Waals surface area contributed by atoms with Crippen LogP contribution in [0, 0.1) is 13.8 Å². The Morgan fingerprint density at radius 1 is 0.719 bits per heavy atom. The Labute approximate surface area is 184 Å². The van der Waals surface area contributed by atoms with Crippen molar-refractivity contribution in [2.45, 2.75) is 29.8 Å². The van der Waals surface area contributed by atoms with E-state index < -0.39 is 36.7 Å². The van der Waals surface area contributed by atoms with Crippen molar-refractivity contribution < 1.29 is 30.0 Å². The van der Waals surface area contributed by atoms with Gasteiger partial charge in [-0.05, 0) is 67.4 Å². The van der Waals surface area contributed by atoms with E-state index in [1.54, 1.807) is 31.2 Å². The Kier molecular flexibility index (Phi) is 6.25. The Bertz CT molecular complexity index is 1370. The van der Waals surface area contributed by atoms with Gasteiger partial charge in [-0.1, -0.05) is 24.3 Å². The van der Waals surface area contributed by atoms with Crippen LogP contribution < -0.4 is 9.44 Å². The second-order valence-corrected chi connectivity index (χ2v) is 10.4. The summed E-state index contributed by atoms with van der Waals surface area (Å²) < 4.78 is 94.3. The molecule has 0 aliphatic heterocycles. The Balaban J connectivity index is 1.94. The standard InChI is InChI=1S/C21H19F3N2O4S2/c1-14-5-3-7-17(11-14)25-31(27,28)19-10-9-15(2)20(13-19)26-32(29,30)18-8-4-6-16(12-18)21(22,23)24/h3-13,25-26H,1-2H3. The van der Waals surface area contributed by atoms with Crippen molar-refractivity contribution in [1.29, 1.82) is 0 Å². The van der Waals surface area contributed by atoms with Gasteiger partial charge in [0.2, 0.25) is 0 Å². The summed E-state index contributed by atoms with van der Waals surface area (Å²) in [6.45, 7) is 3.33. The van der Waals surface area contributed by atoms with Gasteiger partial charge in [0.25, 0.3) is 20.0 Å². The van der Waals surface area contributed by atoms with Crippen molar-refractivity contribution in [3.8, 4) is 0 Å². The molecule has 2 N–H and O–H groups in total. The van der Waals surface area contributed by atoms with Gasteiger partial charge in [-0.2, -0.15) is 13.2 Å². The second-order valence-electron chi connectivity index (χ2n) is 7.08. The number of hydrogen-bond acceptors (Lipinski definition) is 4. The molecule has 0 atom stereocenters. The summed E-state index contributed by atoms with van der Waals surface area (Å²) in [5.41, 5.74) is 0.362. The second kappa shape index (κ2) is 8.47. The van der Waals surface area contributed by atoms with E-state index in [1.165, 1.54) is 19.1 Å². The molecule has 0 saturated carbocycles. The van der Waals surface area contributed by atoms with E-state index in [1.807, 2.05) is 0 Å². The van der Waals surface area contributed by atoms with Gasteiger partial charge in [0.1, 0.15) is 0 Å². The summed E-state index contributed by atoms with van der Waals surface area (Å²) in [5, 5.41) is 0. The van der Waals surface area contributed by atoms with Crippen molar-refractivity contribution in [1.82, 2.24) is 0 Å². The molecule has 170 valence electrons. The molecule has 0 bridgehead atoms. The van der Waals surface area contributed by atoms with Gasteiger partial charge in [-0.15, -0.1) is 0 Å². The summed E-state index contributed by atoms with van der Waals surface area (Å²) in [5.74, 6) is 0. The molecule has 3 aromatic rings. The molecule has 3 rings (SSSR count). The molecule has 0 heterocycles. The van der Waals surface area contributed by atoms with Crippen molar-refractivity contribution in [3.63, 3.8) is 0 Å². The number of benzene rings is 3. The van der Waals surface area contributed by atoms with Crippen LogP contribution in [0.15, 0.2) is 76.5 Å². The lowest BCUT2D eigenvalue weighted by Gasteiger charge is -2.14. The van der Waals surface area contributed by atoms with Crippen molar-refractivity contribution in [2.24, 2.45) is 0 Å². The molecule has 6 nitrogen and oxygen atoms in total. The van der Waals surface area contributed by atoms with Crippen LogP contribution in [0.5, 0.6) is 0 Å². The van der Waals surface area contributed by atoms with Crippen LogP contribution in [0.3, 0.4) is 0 Å². The molecule has 0 radical (unpaired) electrons. The number of halogens is 3. The zero-order valence-corrected chi connectivity index (χ0v) is 18.6. The van der Waals surface area contributed by atoms with Gasteiger partial charge in [0, 0.05) is 5.69 Å². The third kappa shape index (κ3) is 5.40. The van der Waals surface area contributed by atoms with Gasteiger partial charge >= 0.3 is 6.18 Å². The molecule has 0 fully saturated rings. The van der Waals surface area contributed by atoms with Gasteiger partial charge in [0.05, 0.1) is 21.0 Å². The minimum Gasteiger partial charge on any atom is -0.280 e. The first-order valence-electron chi connectivity index (χ1n) is 9.18. The van der Waals surface area contributed by atoms with E-state index in [-0.39, 0.29) is 10.6 Å². The molecule has 0 aromatic heterocycles. The molecular weight excluding hydrogens is 465 g/mol. The summed E-state index contributed by atoms with van der Waals surface area (Å²) in [7, 11) is -8.46. The number of aryl methyl sites for hydroxylation is 2. The van der Waals surface area contributed by atoms with E-state index in [2.05, 4.69) is 9.44 Å². The Morgan fingerprint density at radius 2 is 1.34 bits per heavy atom. The van der Waals surface area contributed by atoms with Crippen LogP contribution >= 0.6 is 0 Å². The maximum absolute atomic E-state index is 12.9. The van der Waals surface area contributed by atoms with Gasteiger partial charge in [0.15, 0.2) is 0 Å². The van der Waals surface area contributed by atoms with Crippen LogP contribution in [-0.4, -0.2) is 16.8 Å². The molecule has 11 heteroatoms. The van der Waals surface area contributed by atoms with Crippen LogP contribution in [0.25, 0.3) is 0 Å². The fraction of sp³-hybridized carbons (Fsp3) is 0.143. The number of anilines is 2. The number of rotatable bonds is 6. The molecule has 3 aromatic carbocycles. The van der Waals surface area contributed by atoms with Crippen molar-refractivity contribution >= 4 is 31.4 Å². The third-order valence-electron chi connectivity index (χ3n) is 4.51. The summed E-state index contributed by atoms with van der Waals surface area (Å²) in [4.78, 5) is -0.816. The van der Waals surface area contributed by atoms with Crippen LogP contribution in [0.1, 0.15) is 16.7 Å². The number of nitrogens with one attached hydrogen (secondary N) is 2. The van der Waals surface area contributed by atoms with E-state index in [9.17, 15) is 30.0 Å². The normalized spacial score (nSPS) is 12.4. The van der Waals surface area contributed by atoms with E-state index >= 15 is 0 Å². The lowest BCUT2D eigenvalue weighted by molar-refractivity contribution is -0.137. The Morgan fingerprint density at radius 3 is 2.00 bits per heavy atom. The highest BCUT2D eigenvalue weighted by molar-refractivity contribution is 7.93. The number of alkyl halides is 3. The van der Waals surface area contributed by atoms with E-state index in [0.29, 0.717) is 17.3 Å². The van der Waals surface area contributed by atoms with Crippen LogP contribution in [-0.2, 0) is 26.2 Å². The predicted octanol–water partition coefficient (Wildman–Crippen LogP) is 4.92. The first-order chi connectivity index (χ1) is 14.8. The zero-order chi connectivity index (χ0) is 23.7. The van der Waals surface area contributed by atoms with Crippen molar-refractivity contribution in [3.05, 3.63) is 83.4 Å². The van der Waals surface area contributed by atoms with E-state index in [0.717, 1.165) is 29.8 Å². The average molecular weight is 485 g/mol. The van der Waals surface area contributed by atoms with Crippen molar-refractivity contribution in [2.75, 3.05) is 9.44 Å². The maximum Gasteiger partial charge on any atom is 0.416 e. The molecule has 0 saturated heterocycles. The lowest BCUT2D eigenvalue weighted by atomic mass is 10.2. The lowest BCUT2D eigenvalue weighted by Crippen LogP contribution is -2.17. The van der Waals surface area contributed by atoms with Gasteiger partial charge < -0.3 is 0 Å². The first-order valence-corrected chi connectivity index (χ1v) is 12.1. The highest BCUT2D eigenvalue weighted by Gasteiger charge is 2.31. The summed E-state index contributed by atoms with van der Waals surface area (Å²) >= 11 is 0. The third-order valence-corrected chi connectivity index (χ3v) is 7.25. The topological polar surface area (TPSA) is 92.3 Å². The maximum atomic E-state index is 12.9. The summed E-state index contributed by atoms with van der Waals surface area (Å²) in [6.07, 6.45) is -4.71. The van der Waals surface area contributed by atoms with Gasteiger partial charge in [-0.25, -0.2) is 16.8 Å². The largest absolute Gasteiger partial charge is 0.416 e. The molecular formula is C21H19F3N2O4S2. The predicted molar refractivity (Wildman–Crippen MR) is 115 cm³/mol. The molecule has 0 spiro atoms. The molecule has 0 unspecified atom stereocenters. The van der Waals surface area contributed by atoms with Crippen LogP contribution in [0.2, 0.25) is 0 Å². The fourth-order valence-electron chi connectivity index (χ4n) is 2.84. The Hall–Kier alpha value is -3.05. The summed E-state index contributed by atoms with van der Waals surface area (Å²) in [6, 6.07) is 13.7. The highest BCUT2D eigenvalue weighted by atomic mass is 32.2. The quantitative estimate of drug-likeness (QED) is 0.519. The minimum absolute atomic E-state index is 0.0745. The fourth-order valence-corrected chi connectivity index (χ4v) is 5.09. The number of sulfonamides is 2. The zero-order valence-electron chi connectivity index (χ0n) is 16.9. The first kappa shape index (κ1) is 23.6. The molecule has 32 heavy (non-hydrogen) atoms. The number of hydrogen-bond donors (Lipinski definition) is 2. The smallest absolute Gasteiger partial charge is 0.280 e. The molecule has 0 amide bonds.